The molecule has 0 aliphatic rings. The summed E-state index contributed by atoms with van der Waals surface area (Å²) in [6.45, 7) is 0. The molecule has 0 aliphatic carbocycles. The molecule has 0 saturated heterocycles. The van der Waals surface area contributed by atoms with Crippen molar-refractivity contribution in [2.75, 3.05) is 0 Å². The summed E-state index contributed by atoms with van der Waals surface area (Å²) in [5.74, 6) is -2.46. The number of amides is 1. The van der Waals surface area contributed by atoms with Gasteiger partial charge in [0, 0.05) is 11.4 Å². The standard InChI is InChI=1S/C13H13ClF3NO3/c14-9-4-1-8(2-5-9)3-6-11(19)18-10(12(20)21)7-13(15,16)17/h1-2,4-5,10H,3,6-7H2,(H,18,19)(H,20,21). The summed E-state index contributed by atoms with van der Waals surface area (Å²) in [6.07, 6.45) is -6.09. The van der Waals surface area contributed by atoms with Crippen LogP contribution in [0.5, 0.6) is 0 Å². The smallest absolute Gasteiger partial charge is 0.391 e. The molecule has 0 aromatic heterocycles. The summed E-state index contributed by atoms with van der Waals surface area (Å²) >= 11 is 5.69. The molecule has 1 atom stereocenters. The van der Waals surface area contributed by atoms with Crippen LogP contribution in [-0.2, 0) is 16.0 Å². The average molecular weight is 324 g/mol. The van der Waals surface area contributed by atoms with Gasteiger partial charge >= 0.3 is 12.1 Å². The minimum atomic E-state index is -4.66. The van der Waals surface area contributed by atoms with Gasteiger partial charge in [0.2, 0.25) is 5.91 Å². The lowest BCUT2D eigenvalue weighted by Gasteiger charge is -2.16. The van der Waals surface area contributed by atoms with Crippen LogP contribution in [0, 0.1) is 0 Å². The number of carboxylic acids is 1. The molecule has 0 radical (unpaired) electrons. The van der Waals surface area contributed by atoms with Gasteiger partial charge in [0.05, 0.1) is 6.42 Å². The van der Waals surface area contributed by atoms with Gasteiger partial charge in [-0.25, -0.2) is 4.79 Å². The van der Waals surface area contributed by atoms with E-state index in [0.29, 0.717) is 5.02 Å². The number of carbonyl (C=O) groups is 2. The predicted molar refractivity (Wildman–Crippen MR) is 70.0 cm³/mol. The summed E-state index contributed by atoms with van der Waals surface area (Å²) in [5, 5.41) is 11.1. The molecule has 0 heterocycles. The molecule has 1 aromatic carbocycles. The Morgan fingerprint density at radius 3 is 2.29 bits per heavy atom. The Balaban J connectivity index is 2.50. The van der Waals surface area contributed by atoms with Gasteiger partial charge in [0.1, 0.15) is 6.04 Å². The average Bonchev–Trinajstić information content (AvgIpc) is 2.35. The third kappa shape index (κ3) is 6.99. The second-order valence-electron chi connectivity index (χ2n) is 4.40. The number of hydrogen-bond acceptors (Lipinski definition) is 2. The molecule has 0 saturated carbocycles. The molecule has 116 valence electrons. The summed E-state index contributed by atoms with van der Waals surface area (Å²) in [7, 11) is 0. The number of halogens is 4. The molecule has 4 nitrogen and oxygen atoms in total. The number of carboxylic acid groups (broad SMARTS) is 1. The van der Waals surface area contributed by atoms with Gasteiger partial charge in [-0.05, 0) is 24.1 Å². The van der Waals surface area contributed by atoms with Crippen molar-refractivity contribution < 1.29 is 27.9 Å². The number of rotatable bonds is 6. The Bertz CT molecular complexity index is 502. The van der Waals surface area contributed by atoms with Crippen LogP contribution in [-0.4, -0.2) is 29.2 Å². The fraction of sp³-hybridized carbons (Fsp3) is 0.385. The Kier molecular flexibility index (Phi) is 6.02. The summed E-state index contributed by atoms with van der Waals surface area (Å²) < 4.78 is 36.5. The fourth-order valence-corrected chi connectivity index (χ4v) is 1.73. The summed E-state index contributed by atoms with van der Waals surface area (Å²) in [5.41, 5.74) is 0.775. The van der Waals surface area contributed by atoms with E-state index in [2.05, 4.69) is 0 Å². The molecule has 1 rings (SSSR count). The monoisotopic (exact) mass is 323 g/mol. The summed E-state index contributed by atoms with van der Waals surface area (Å²) in [4.78, 5) is 22.2. The molecule has 21 heavy (non-hydrogen) atoms. The lowest BCUT2D eigenvalue weighted by molar-refractivity contribution is -0.160. The van der Waals surface area contributed by atoms with Gasteiger partial charge < -0.3 is 10.4 Å². The molecule has 1 amide bonds. The second kappa shape index (κ2) is 7.31. The number of nitrogens with one attached hydrogen (secondary N) is 1. The maximum absolute atomic E-state index is 12.2. The third-order valence-corrected chi connectivity index (χ3v) is 2.87. The minimum Gasteiger partial charge on any atom is -0.480 e. The van der Waals surface area contributed by atoms with Crippen LogP contribution in [0.3, 0.4) is 0 Å². The number of alkyl halides is 3. The van der Waals surface area contributed by atoms with E-state index < -0.39 is 30.5 Å². The molecule has 0 fully saturated rings. The maximum atomic E-state index is 12.2. The highest BCUT2D eigenvalue weighted by atomic mass is 35.5. The van der Waals surface area contributed by atoms with Crippen molar-refractivity contribution in [2.45, 2.75) is 31.5 Å². The van der Waals surface area contributed by atoms with Crippen LogP contribution in [0.4, 0.5) is 13.2 Å². The Labute approximate surface area is 123 Å². The van der Waals surface area contributed by atoms with E-state index in [9.17, 15) is 22.8 Å². The van der Waals surface area contributed by atoms with E-state index >= 15 is 0 Å². The lowest BCUT2D eigenvalue weighted by Crippen LogP contribution is -2.43. The largest absolute Gasteiger partial charge is 0.480 e. The summed E-state index contributed by atoms with van der Waals surface area (Å²) in [6, 6.07) is 4.64. The topological polar surface area (TPSA) is 66.4 Å². The Morgan fingerprint density at radius 1 is 1.24 bits per heavy atom. The van der Waals surface area contributed by atoms with Crippen molar-refractivity contribution in [1.29, 1.82) is 0 Å². The molecule has 8 heteroatoms. The maximum Gasteiger partial charge on any atom is 0.391 e. The van der Waals surface area contributed by atoms with Crippen molar-refractivity contribution in [1.82, 2.24) is 5.32 Å². The van der Waals surface area contributed by atoms with Crippen LogP contribution in [0.1, 0.15) is 18.4 Å². The van der Waals surface area contributed by atoms with E-state index in [1.807, 2.05) is 5.32 Å². The third-order valence-electron chi connectivity index (χ3n) is 2.62. The van der Waals surface area contributed by atoms with Gasteiger partial charge in [-0.15, -0.1) is 0 Å². The van der Waals surface area contributed by atoms with E-state index in [1.165, 1.54) is 0 Å². The fourth-order valence-electron chi connectivity index (χ4n) is 1.61. The quantitative estimate of drug-likeness (QED) is 0.846. The zero-order valence-electron chi connectivity index (χ0n) is 10.8. The van der Waals surface area contributed by atoms with E-state index in [-0.39, 0.29) is 12.8 Å². The molecule has 0 spiro atoms. The van der Waals surface area contributed by atoms with Gasteiger partial charge in [-0.2, -0.15) is 13.2 Å². The van der Waals surface area contributed by atoms with Crippen LogP contribution in [0.2, 0.25) is 5.02 Å². The number of benzene rings is 1. The molecule has 1 aromatic rings. The molecular formula is C13H13ClF3NO3. The number of carbonyl (C=O) groups excluding carboxylic acids is 1. The molecule has 1 unspecified atom stereocenters. The van der Waals surface area contributed by atoms with Crippen LogP contribution in [0.15, 0.2) is 24.3 Å². The lowest BCUT2D eigenvalue weighted by atomic mass is 10.1. The first-order valence-electron chi connectivity index (χ1n) is 6.01. The van der Waals surface area contributed by atoms with E-state index in [1.54, 1.807) is 24.3 Å². The SMILES string of the molecule is O=C(CCc1ccc(Cl)cc1)NC(CC(F)(F)F)C(=O)O. The van der Waals surface area contributed by atoms with Crippen molar-refractivity contribution in [2.24, 2.45) is 0 Å². The highest BCUT2D eigenvalue weighted by Crippen LogP contribution is 2.21. The van der Waals surface area contributed by atoms with Gasteiger partial charge in [0.15, 0.2) is 0 Å². The second-order valence-corrected chi connectivity index (χ2v) is 4.84. The zero-order valence-corrected chi connectivity index (χ0v) is 11.5. The number of aryl methyl sites for hydroxylation is 1. The highest BCUT2D eigenvalue weighted by Gasteiger charge is 2.36. The molecule has 0 aliphatic heterocycles. The van der Waals surface area contributed by atoms with Crippen molar-refractivity contribution >= 4 is 23.5 Å². The number of aliphatic carboxylic acids is 1. The van der Waals surface area contributed by atoms with Crippen LogP contribution >= 0.6 is 11.6 Å². The van der Waals surface area contributed by atoms with Gasteiger partial charge in [-0.1, -0.05) is 23.7 Å². The highest BCUT2D eigenvalue weighted by molar-refractivity contribution is 6.30. The Morgan fingerprint density at radius 2 is 1.81 bits per heavy atom. The van der Waals surface area contributed by atoms with Gasteiger partial charge in [0.25, 0.3) is 0 Å². The van der Waals surface area contributed by atoms with E-state index in [4.69, 9.17) is 16.7 Å². The van der Waals surface area contributed by atoms with E-state index in [0.717, 1.165) is 5.56 Å². The number of hydrogen-bond donors (Lipinski definition) is 2. The normalized spacial score (nSPS) is 12.8. The zero-order chi connectivity index (χ0) is 16.0. The first-order chi connectivity index (χ1) is 9.67. The Hall–Kier alpha value is -1.76. The molecule has 0 bridgehead atoms. The minimum absolute atomic E-state index is 0.108. The molecule has 2 N–H and O–H groups in total. The van der Waals surface area contributed by atoms with Crippen molar-refractivity contribution in [3.8, 4) is 0 Å². The van der Waals surface area contributed by atoms with Crippen molar-refractivity contribution in [3.63, 3.8) is 0 Å². The molecular weight excluding hydrogens is 311 g/mol. The van der Waals surface area contributed by atoms with Gasteiger partial charge in [-0.3, -0.25) is 4.79 Å². The first-order valence-corrected chi connectivity index (χ1v) is 6.38. The first kappa shape index (κ1) is 17.3. The van der Waals surface area contributed by atoms with Crippen LogP contribution in [0.25, 0.3) is 0 Å². The predicted octanol–water partition coefficient (Wildman–Crippen LogP) is 2.79. The van der Waals surface area contributed by atoms with Crippen molar-refractivity contribution in [3.05, 3.63) is 34.9 Å². The van der Waals surface area contributed by atoms with Crippen LogP contribution < -0.4 is 5.32 Å².